The fourth-order valence-corrected chi connectivity index (χ4v) is 2.38. The molecule has 16 heavy (non-hydrogen) atoms. The third kappa shape index (κ3) is 2.55. The number of benzene rings is 1. The highest BCUT2D eigenvalue weighted by molar-refractivity contribution is 5.49. The van der Waals surface area contributed by atoms with Gasteiger partial charge < -0.3 is 4.90 Å². The van der Waals surface area contributed by atoms with Crippen LogP contribution in [0.25, 0.3) is 0 Å². The lowest BCUT2D eigenvalue weighted by Crippen LogP contribution is -2.34. The predicted molar refractivity (Wildman–Crippen MR) is 66.4 cm³/mol. The molecular formula is C14H18N2. The minimum Gasteiger partial charge on any atom is -0.371 e. The Morgan fingerprint density at radius 2 is 2.38 bits per heavy atom. The summed E-state index contributed by atoms with van der Waals surface area (Å²) in [6.07, 6.45) is 3.13. The fraction of sp³-hybridized carbons (Fsp3) is 0.500. The molecule has 0 aliphatic carbocycles. The minimum atomic E-state index is 0.511. The number of rotatable bonds is 2. The molecule has 1 aromatic rings. The van der Waals surface area contributed by atoms with Gasteiger partial charge in [-0.15, -0.1) is 0 Å². The van der Waals surface area contributed by atoms with Crippen LogP contribution in [0.4, 0.5) is 5.69 Å². The molecule has 1 fully saturated rings. The lowest BCUT2D eigenvalue weighted by atomic mass is 9.99. The summed E-state index contributed by atoms with van der Waals surface area (Å²) in [5.74, 6) is 0.786. The lowest BCUT2D eigenvalue weighted by molar-refractivity contribution is 0.447. The summed E-state index contributed by atoms with van der Waals surface area (Å²) < 4.78 is 0. The first-order valence-electron chi connectivity index (χ1n) is 6.00. The van der Waals surface area contributed by atoms with Crippen molar-refractivity contribution in [2.45, 2.75) is 26.2 Å². The molecule has 0 bridgehead atoms. The van der Waals surface area contributed by atoms with Gasteiger partial charge in [0.2, 0.25) is 0 Å². The molecule has 1 atom stereocenters. The molecule has 2 nitrogen and oxygen atoms in total. The number of anilines is 1. The second kappa shape index (κ2) is 5.03. The van der Waals surface area contributed by atoms with Crippen LogP contribution in [0.5, 0.6) is 0 Å². The largest absolute Gasteiger partial charge is 0.371 e. The molecule has 1 aromatic carbocycles. The van der Waals surface area contributed by atoms with Crippen molar-refractivity contribution in [1.82, 2.24) is 0 Å². The molecule has 0 radical (unpaired) electrons. The SMILES string of the molecule is CC1CCCN(c2cccc(CC#N)c2)C1. The monoisotopic (exact) mass is 214 g/mol. The molecular weight excluding hydrogens is 196 g/mol. The Labute approximate surface area is 97.5 Å². The van der Waals surface area contributed by atoms with Crippen molar-refractivity contribution in [3.63, 3.8) is 0 Å². The van der Waals surface area contributed by atoms with Crippen molar-refractivity contribution >= 4 is 5.69 Å². The second-order valence-corrected chi connectivity index (χ2v) is 4.70. The van der Waals surface area contributed by atoms with Gasteiger partial charge in [-0.25, -0.2) is 0 Å². The molecule has 2 rings (SSSR count). The van der Waals surface area contributed by atoms with Gasteiger partial charge >= 0.3 is 0 Å². The Hall–Kier alpha value is -1.49. The highest BCUT2D eigenvalue weighted by Gasteiger charge is 2.16. The van der Waals surface area contributed by atoms with Gasteiger partial charge in [0.1, 0.15) is 0 Å². The van der Waals surface area contributed by atoms with Gasteiger partial charge in [-0.05, 0) is 36.5 Å². The van der Waals surface area contributed by atoms with Crippen LogP contribution < -0.4 is 4.90 Å². The van der Waals surface area contributed by atoms with Crippen molar-refractivity contribution in [2.75, 3.05) is 18.0 Å². The van der Waals surface area contributed by atoms with Crippen LogP contribution >= 0.6 is 0 Å². The zero-order valence-electron chi connectivity index (χ0n) is 9.82. The summed E-state index contributed by atoms with van der Waals surface area (Å²) in [4.78, 5) is 2.44. The number of hydrogen-bond donors (Lipinski definition) is 0. The van der Waals surface area contributed by atoms with E-state index in [9.17, 15) is 0 Å². The first-order chi connectivity index (χ1) is 7.79. The van der Waals surface area contributed by atoms with Gasteiger partial charge in [0.15, 0.2) is 0 Å². The number of nitriles is 1. The summed E-state index contributed by atoms with van der Waals surface area (Å²) in [5, 5.41) is 8.70. The Morgan fingerprint density at radius 3 is 3.12 bits per heavy atom. The molecule has 1 saturated heterocycles. The fourth-order valence-electron chi connectivity index (χ4n) is 2.38. The smallest absolute Gasteiger partial charge is 0.0669 e. The van der Waals surface area contributed by atoms with E-state index in [4.69, 9.17) is 5.26 Å². The van der Waals surface area contributed by atoms with Gasteiger partial charge in [0, 0.05) is 18.8 Å². The van der Waals surface area contributed by atoms with E-state index in [0.29, 0.717) is 6.42 Å². The minimum absolute atomic E-state index is 0.511. The molecule has 1 unspecified atom stereocenters. The van der Waals surface area contributed by atoms with E-state index >= 15 is 0 Å². The molecule has 0 spiro atoms. The Kier molecular flexibility index (Phi) is 3.46. The summed E-state index contributed by atoms with van der Waals surface area (Å²) in [7, 11) is 0. The third-order valence-electron chi connectivity index (χ3n) is 3.22. The summed E-state index contributed by atoms with van der Waals surface area (Å²) in [6.45, 7) is 4.61. The maximum Gasteiger partial charge on any atom is 0.0669 e. The lowest BCUT2D eigenvalue weighted by Gasteiger charge is -2.33. The van der Waals surface area contributed by atoms with Gasteiger partial charge in [-0.3, -0.25) is 0 Å². The van der Waals surface area contributed by atoms with Gasteiger partial charge in [-0.1, -0.05) is 19.1 Å². The van der Waals surface area contributed by atoms with Crippen LogP contribution in [0.3, 0.4) is 0 Å². The van der Waals surface area contributed by atoms with E-state index in [2.05, 4.69) is 36.1 Å². The quantitative estimate of drug-likeness (QED) is 0.756. The molecule has 0 amide bonds. The Bertz CT molecular complexity index is 392. The van der Waals surface area contributed by atoms with E-state index in [1.54, 1.807) is 0 Å². The van der Waals surface area contributed by atoms with Crippen LogP contribution in [-0.2, 0) is 6.42 Å². The number of piperidine rings is 1. The van der Waals surface area contributed by atoms with Crippen LogP contribution in [0.1, 0.15) is 25.3 Å². The predicted octanol–water partition coefficient (Wildman–Crippen LogP) is 2.99. The molecule has 0 N–H and O–H groups in total. The standard InChI is InChI=1S/C14H18N2/c1-12-4-3-9-16(11-12)14-6-2-5-13(10-14)7-8-15/h2,5-6,10,12H,3-4,7,9,11H2,1H3. The van der Waals surface area contributed by atoms with E-state index in [0.717, 1.165) is 24.6 Å². The molecule has 1 heterocycles. The highest BCUT2D eigenvalue weighted by Crippen LogP contribution is 2.23. The molecule has 0 saturated carbocycles. The van der Waals surface area contributed by atoms with Crippen molar-refractivity contribution < 1.29 is 0 Å². The topological polar surface area (TPSA) is 27.0 Å². The highest BCUT2D eigenvalue weighted by atomic mass is 15.1. The normalized spacial score (nSPS) is 20.5. The van der Waals surface area contributed by atoms with Crippen molar-refractivity contribution in [3.05, 3.63) is 29.8 Å². The first-order valence-corrected chi connectivity index (χ1v) is 6.00. The summed E-state index contributed by atoms with van der Waals surface area (Å²) >= 11 is 0. The van der Waals surface area contributed by atoms with E-state index in [1.165, 1.54) is 18.5 Å². The molecule has 0 aromatic heterocycles. The van der Waals surface area contributed by atoms with E-state index < -0.39 is 0 Å². The summed E-state index contributed by atoms with van der Waals surface area (Å²) in [5.41, 5.74) is 2.40. The maximum absolute atomic E-state index is 8.70. The van der Waals surface area contributed by atoms with Crippen molar-refractivity contribution in [3.8, 4) is 6.07 Å². The molecule has 1 aliphatic heterocycles. The van der Waals surface area contributed by atoms with Gasteiger partial charge in [0.05, 0.1) is 12.5 Å². The van der Waals surface area contributed by atoms with Crippen LogP contribution in [0.15, 0.2) is 24.3 Å². The van der Waals surface area contributed by atoms with E-state index in [1.807, 2.05) is 6.07 Å². The van der Waals surface area contributed by atoms with Crippen LogP contribution in [0, 0.1) is 17.2 Å². The molecule has 1 aliphatic rings. The van der Waals surface area contributed by atoms with Crippen molar-refractivity contribution in [2.24, 2.45) is 5.92 Å². The Morgan fingerprint density at radius 1 is 1.50 bits per heavy atom. The van der Waals surface area contributed by atoms with E-state index in [-0.39, 0.29) is 0 Å². The number of nitrogens with zero attached hydrogens (tertiary/aromatic N) is 2. The zero-order valence-corrected chi connectivity index (χ0v) is 9.82. The van der Waals surface area contributed by atoms with Gasteiger partial charge in [-0.2, -0.15) is 5.26 Å². The maximum atomic E-state index is 8.70. The zero-order chi connectivity index (χ0) is 11.4. The van der Waals surface area contributed by atoms with Crippen molar-refractivity contribution in [1.29, 1.82) is 5.26 Å². The molecule has 2 heteroatoms. The molecule has 84 valence electrons. The second-order valence-electron chi connectivity index (χ2n) is 4.70. The van der Waals surface area contributed by atoms with Crippen LogP contribution in [-0.4, -0.2) is 13.1 Å². The first kappa shape index (κ1) is 11.0. The van der Waals surface area contributed by atoms with Crippen LogP contribution in [0.2, 0.25) is 0 Å². The number of hydrogen-bond acceptors (Lipinski definition) is 2. The summed E-state index contributed by atoms with van der Waals surface area (Å²) in [6, 6.07) is 10.6. The third-order valence-corrected chi connectivity index (χ3v) is 3.22. The Balaban J connectivity index is 2.13. The van der Waals surface area contributed by atoms with Gasteiger partial charge in [0.25, 0.3) is 0 Å². The average Bonchev–Trinajstić information content (AvgIpc) is 2.30. The average molecular weight is 214 g/mol.